The molecule has 0 fully saturated rings. The zero-order chi connectivity index (χ0) is 15.5. The standard InChI is InChI=1S/C20H19NO/c1-14-6-4-7-15(2)20(14)18-10-9-16(12-19(18)22-3)17-8-5-11-21-13-17/h4-13H,1-3H3. The molecule has 0 aliphatic rings. The van der Waals surface area contributed by atoms with Gasteiger partial charge in [-0.3, -0.25) is 4.98 Å². The highest BCUT2D eigenvalue weighted by Gasteiger charge is 2.12. The number of aryl methyl sites for hydroxylation is 2. The lowest BCUT2D eigenvalue weighted by Crippen LogP contribution is -1.93. The Labute approximate surface area is 131 Å². The molecule has 0 spiro atoms. The van der Waals surface area contributed by atoms with Gasteiger partial charge in [0.15, 0.2) is 0 Å². The number of nitrogens with zero attached hydrogens (tertiary/aromatic N) is 1. The van der Waals surface area contributed by atoms with Gasteiger partial charge < -0.3 is 4.74 Å². The minimum Gasteiger partial charge on any atom is -0.496 e. The monoisotopic (exact) mass is 289 g/mol. The second-order valence-electron chi connectivity index (χ2n) is 5.42. The Balaban J connectivity index is 2.15. The third-order valence-electron chi connectivity index (χ3n) is 3.95. The molecule has 0 aliphatic carbocycles. The van der Waals surface area contributed by atoms with Gasteiger partial charge >= 0.3 is 0 Å². The molecule has 0 atom stereocenters. The lowest BCUT2D eigenvalue weighted by molar-refractivity contribution is 0.416. The maximum Gasteiger partial charge on any atom is 0.127 e. The highest BCUT2D eigenvalue weighted by Crippen LogP contribution is 2.37. The normalized spacial score (nSPS) is 10.5. The van der Waals surface area contributed by atoms with E-state index in [9.17, 15) is 0 Å². The molecule has 3 aromatic rings. The van der Waals surface area contributed by atoms with Gasteiger partial charge in [0.25, 0.3) is 0 Å². The maximum atomic E-state index is 5.65. The number of pyridine rings is 1. The number of ether oxygens (including phenoxy) is 1. The molecule has 2 heteroatoms. The summed E-state index contributed by atoms with van der Waals surface area (Å²) >= 11 is 0. The first-order valence-electron chi connectivity index (χ1n) is 7.35. The topological polar surface area (TPSA) is 22.1 Å². The summed E-state index contributed by atoms with van der Waals surface area (Å²) in [5, 5.41) is 0. The van der Waals surface area contributed by atoms with Crippen molar-refractivity contribution in [3.05, 3.63) is 72.1 Å². The fourth-order valence-electron chi connectivity index (χ4n) is 2.85. The van der Waals surface area contributed by atoms with Crippen molar-refractivity contribution < 1.29 is 4.74 Å². The Kier molecular flexibility index (Phi) is 3.92. The van der Waals surface area contributed by atoms with E-state index in [0.29, 0.717) is 0 Å². The lowest BCUT2D eigenvalue weighted by Gasteiger charge is -2.15. The largest absolute Gasteiger partial charge is 0.496 e. The molecule has 0 N–H and O–H groups in total. The van der Waals surface area contributed by atoms with Crippen LogP contribution in [-0.4, -0.2) is 12.1 Å². The lowest BCUT2D eigenvalue weighted by atomic mass is 9.93. The molecule has 0 aliphatic heterocycles. The van der Waals surface area contributed by atoms with E-state index in [-0.39, 0.29) is 0 Å². The first kappa shape index (κ1) is 14.3. The summed E-state index contributed by atoms with van der Waals surface area (Å²) in [5.41, 5.74) is 7.09. The molecular weight excluding hydrogens is 270 g/mol. The number of hydrogen-bond donors (Lipinski definition) is 0. The van der Waals surface area contributed by atoms with Crippen LogP contribution < -0.4 is 4.74 Å². The fraction of sp³-hybridized carbons (Fsp3) is 0.150. The predicted octanol–water partition coefficient (Wildman–Crippen LogP) is 5.04. The minimum atomic E-state index is 0.888. The Morgan fingerprint density at radius 1 is 0.864 bits per heavy atom. The summed E-state index contributed by atoms with van der Waals surface area (Å²) in [7, 11) is 1.72. The van der Waals surface area contributed by atoms with E-state index in [2.05, 4.69) is 61.3 Å². The number of rotatable bonds is 3. The van der Waals surface area contributed by atoms with Crippen LogP contribution in [0.5, 0.6) is 5.75 Å². The molecule has 22 heavy (non-hydrogen) atoms. The molecule has 2 nitrogen and oxygen atoms in total. The molecule has 0 amide bonds. The molecular formula is C20H19NO. The summed E-state index contributed by atoms with van der Waals surface area (Å²) < 4.78 is 5.65. The van der Waals surface area contributed by atoms with Crippen LogP contribution in [0.2, 0.25) is 0 Å². The van der Waals surface area contributed by atoms with E-state index >= 15 is 0 Å². The summed E-state index contributed by atoms with van der Waals surface area (Å²) in [4.78, 5) is 4.18. The molecule has 2 aromatic carbocycles. The van der Waals surface area contributed by atoms with Crippen LogP contribution in [0.25, 0.3) is 22.3 Å². The van der Waals surface area contributed by atoms with Gasteiger partial charge in [0.1, 0.15) is 5.75 Å². The van der Waals surface area contributed by atoms with Gasteiger partial charge in [0.2, 0.25) is 0 Å². The zero-order valence-corrected chi connectivity index (χ0v) is 13.1. The summed E-state index contributed by atoms with van der Waals surface area (Å²) in [6, 6.07) is 16.7. The van der Waals surface area contributed by atoms with Crippen molar-refractivity contribution in [2.75, 3.05) is 7.11 Å². The molecule has 0 unspecified atom stereocenters. The third kappa shape index (κ3) is 2.60. The molecule has 0 bridgehead atoms. The Hall–Kier alpha value is -2.61. The van der Waals surface area contributed by atoms with Crippen LogP contribution in [0.3, 0.4) is 0 Å². The van der Waals surface area contributed by atoms with Crippen molar-refractivity contribution in [1.82, 2.24) is 4.98 Å². The predicted molar refractivity (Wildman–Crippen MR) is 91.1 cm³/mol. The molecule has 0 saturated heterocycles. The first-order valence-corrected chi connectivity index (χ1v) is 7.35. The van der Waals surface area contributed by atoms with Crippen LogP contribution in [0.1, 0.15) is 11.1 Å². The number of aromatic nitrogens is 1. The van der Waals surface area contributed by atoms with E-state index < -0.39 is 0 Å². The molecule has 110 valence electrons. The Morgan fingerprint density at radius 2 is 1.64 bits per heavy atom. The smallest absolute Gasteiger partial charge is 0.127 e. The number of methoxy groups -OCH3 is 1. The van der Waals surface area contributed by atoms with Gasteiger partial charge in [-0.25, -0.2) is 0 Å². The highest BCUT2D eigenvalue weighted by molar-refractivity contribution is 5.79. The van der Waals surface area contributed by atoms with E-state index in [1.807, 2.05) is 12.3 Å². The SMILES string of the molecule is COc1cc(-c2cccnc2)ccc1-c1c(C)cccc1C. The Bertz CT molecular complexity index is 774. The fourth-order valence-corrected chi connectivity index (χ4v) is 2.85. The molecule has 3 rings (SSSR count). The maximum absolute atomic E-state index is 5.65. The van der Waals surface area contributed by atoms with Crippen molar-refractivity contribution in [3.8, 4) is 28.0 Å². The highest BCUT2D eigenvalue weighted by atomic mass is 16.5. The van der Waals surface area contributed by atoms with Crippen LogP contribution in [0.15, 0.2) is 60.9 Å². The van der Waals surface area contributed by atoms with Crippen molar-refractivity contribution in [1.29, 1.82) is 0 Å². The summed E-state index contributed by atoms with van der Waals surface area (Å²) in [6.45, 7) is 4.27. The average Bonchev–Trinajstić information content (AvgIpc) is 2.55. The van der Waals surface area contributed by atoms with Crippen molar-refractivity contribution in [3.63, 3.8) is 0 Å². The van der Waals surface area contributed by atoms with Gasteiger partial charge in [-0.05, 0) is 48.2 Å². The van der Waals surface area contributed by atoms with Crippen LogP contribution >= 0.6 is 0 Å². The minimum absolute atomic E-state index is 0.888. The van der Waals surface area contributed by atoms with Crippen molar-refractivity contribution >= 4 is 0 Å². The van der Waals surface area contributed by atoms with Crippen molar-refractivity contribution in [2.24, 2.45) is 0 Å². The second kappa shape index (κ2) is 6.02. The average molecular weight is 289 g/mol. The quantitative estimate of drug-likeness (QED) is 0.674. The number of benzene rings is 2. The summed E-state index contributed by atoms with van der Waals surface area (Å²) in [6.07, 6.45) is 3.65. The third-order valence-corrected chi connectivity index (χ3v) is 3.95. The van der Waals surface area contributed by atoms with Crippen LogP contribution in [0.4, 0.5) is 0 Å². The van der Waals surface area contributed by atoms with Crippen molar-refractivity contribution in [2.45, 2.75) is 13.8 Å². The molecule has 0 radical (unpaired) electrons. The first-order chi connectivity index (χ1) is 10.7. The Morgan fingerprint density at radius 3 is 2.27 bits per heavy atom. The van der Waals surface area contributed by atoms with Gasteiger partial charge in [-0.15, -0.1) is 0 Å². The molecule has 1 heterocycles. The molecule has 1 aromatic heterocycles. The van der Waals surface area contributed by atoms with Crippen LogP contribution in [-0.2, 0) is 0 Å². The van der Waals surface area contributed by atoms with Gasteiger partial charge in [0, 0.05) is 23.5 Å². The van der Waals surface area contributed by atoms with Gasteiger partial charge in [0.05, 0.1) is 7.11 Å². The van der Waals surface area contributed by atoms with Gasteiger partial charge in [-0.2, -0.15) is 0 Å². The number of hydrogen-bond acceptors (Lipinski definition) is 2. The zero-order valence-electron chi connectivity index (χ0n) is 13.1. The van der Waals surface area contributed by atoms with E-state index in [1.165, 1.54) is 16.7 Å². The molecule has 0 saturated carbocycles. The van der Waals surface area contributed by atoms with Gasteiger partial charge in [-0.1, -0.05) is 36.4 Å². The van der Waals surface area contributed by atoms with Crippen LogP contribution in [0, 0.1) is 13.8 Å². The second-order valence-corrected chi connectivity index (χ2v) is 5.42. The van der Waals surface area contributed by atoms with E-state index in [1.54, 1.807) is 13.3 Å². The summed E-state index contributed by atoms with van der Waals surface area (Å²) in [5.74, 6) is 0.888. The van der Waals surface area contributed by atoms with E-state index in [4.69, 9.17) is 4.74 Å². The van der Waals surface area contributed by atoms with E-state index in [0.717, 1.165) is 22.4 Å².